The van der Waals surface area contributed by atoms with Gasteiger partial charge in [0, 0.05) is 11.1 Å². The van der Waals surface area contributed by atoms with Crippen LogP contribution in [-0.4, -0.2) is 50.2 Å². The molecule has 4 heteroatoms. The highest BCUT2D eigenvalue weighted by molar-refractivity contribution is 5.34. The molecule has 3 nitrogen and oxygen atoms in total. The minimum atomic E-state index is 0. The number of benzene rings is 2. The molecule has 0 spiro atoms. The summed E-state index contributed by atoms with van der Waals surface area (Å²) in [6, 6.07) is 17.4. The van der Waals surface area contributed by atoms with Crippen molar-refractivity contribution in [3.05, 3.63) is 59.7 Å². The summed E-state index contributed by atoms with van der Waals surface area (Å²) in [5, 5.41) is 0. The second-order valence-electron chi connectivity index (χ2n) is 12.6. The van der Waals surface area contributed by atoms with E-state index in [-0.39, 0.29) is 12.4 Å². The number of ether oxygens (including phenoxy) is 1. The van der Waals surface area contributed by atoms with Gasteiger partial charge in [0.1, 0.15) is 24.6 Å². The summed E-state index contributed by atoms with van der Waals surface area (Å²) >= 11 is 0. The first-order valence-electron chi connectivity index (χ1n) is 15.2. The van der Waals surface area contributed by atoms with Gasteiger partial charge in [0.25, 0.3) is 0 Å². The van der Waals surface area contributed by atoms with Crippen molar-refractivity contribution in [1.82, 2.24) is 0 Å². The first-order valence-corrected chi connectivity index (χ1v) is 15.2. The smallest absolute Gasteiger partial charge is 0.127 e. The van der Waals surface area contributed by atoms with Gasteiger partial charge in [0.05, 0.1) is 41.3 Å². The topological polar surface area (TPSA) is 9.23 Å². The van der Waals surface area contributed by atoms with Crippen LogP contribution in [0.2, 0.25) is 0 Å². The number of nitrogens with zero attached hydrogens (tertiary/aromatic N) is 2. The van der Waals surface area contributed by atoms with Crippen LogP contribution in [0.15, 0.2) is 48.5 Å². The van der Waals surface area contributed by atoms with Gasteiger partial charge >= 0.3 is 0 Å². The molecule has 0 radical (unpaired) electrons. The molecule has 38 heavy (non-hydrogen) atoms. The molecule has 0 fully saturated rings. The molecule has 2 rings (SSSR count). The summed E-state index contributed by atoms with van der Waals surface area (Å²) in [6.45, 7) is 9.18. The van der Waals surface area contributed by atoms with Crippen molar-refractivity contribution in [2.75, 3.05) is 41.3 Å². The number of rotatable bonds is 20. The molecule has 0 saturated carbocycles. The lowest BCUT2D eigenvalue weighted by Crippen LogP contribution is -3.00. The first kappa shape index (κ1) is 34.5. The second kappa shape index (κ2) is 18.7. The lowest BCUT2D eigenvalue weighted by molar-refractivity contribution is -0.903. The lowest BCUT2D eigenvalue weighted by atomic mass is 10.1. The minimum absolute atomic E-state index is 0. The Balaban J connectivity index is 0.00000722. The van der Waals surface area contributed by atoms with Crippen molar-refractivity contribution in [1.29, 1.82) is 0 Å². The van der Waals surface area contributed by atoms with Gasteiger partial charge in [-0.15, -0.1) is 0 Å². The van der Waals surface area contributed by atoms with Crippen LogP contribution >= 0.6 is 0 Å². The van der Waals surface area contributed by atoms with Crippen molar-refractivity contribution in [2.24, 2.45) is 0 Å². The number of halogens is 1. The van der Waals surface area contributed by atoms with Gasteiger partial charge in [0.2, 0.25) is 0 Å². The fourth-order valence-corrected chi connectivity index (χ4v) is 5.25. The molecule has 0 saturated heterocycles. The van der Waals surface area contributed by atoms with Gasteiger partial charge < -0.3 is 26.1 Å². The predicted octanol–water partition coefficient (Wildman–Crippen LogP) is 6.36. The molecule has 0 aliphatic carbocycles. The highest BCUT2D eigenvalue weighted by atomic mass is 35.5. The fraction of sp³-hybridized carbons (Fsp3) is 0.647. The average Bonchev–Trinajstić information content (AvgIpc) is 2.85. The van der Waals surface area contributed by atoms with Crippen molar-refractivity contribution in [3.8, 4) is 11.5 Å². The normalized spacial score (nSPS) is 11.8. The molecule has 2 aromatic rings. The molecule has 2 aromatic carbocycles. The molecular formula is C34H58ClN2O+. The van der Waals surface area contributed by atoms with Gasteiger partial charge in [-0.2, -0.15) is 0 Å². The largest absolute Gasteiger partial charge is 1.00 e. The van der Waals surface area contributed by atoms with Crippen molar-refractivity contribution in [2.45, 2.75) is 104 Å². The van der Waals surface area contributed by atoms with Gasteiger partial charge in [-0.25, -0.2) is 0 Å². The molecular weight excluding hydrogens is 488 g/mol. The Hall–Kier alpha value is -1.55. The number of quaternary nitrogens is 2. The molecule has 0 aliphatic rings. The van der Waals surface area contributed by atoms with Crippen LogP contribution in [0.3, 0.4) is 0 Å². The van der Waals surface area contributed by atoms with Gasteiger partial charge in [-0.3, -0.25) is 0 Å². The monoisotopic (exact) mass is 545 g/mol. The molecule has 0 bridgehead atoms. The quantitative estimate of drug-likeness (QED) is 0.139. The zero-order chi connectivity index (χ0) is 27.0. The van der Waals surface area contributed by atoms with E-state index in [1.54, 1.807) is 0 Å². The Kier molecular flexibility index (Phi) is 17.0. The van der Waals surface area contributed by atoms with Crippen LogP contribution in [0.4, 0.5) is 0 Å². The van der Waals surface area contributed by atoms with Crippen LogP contribution in [0.5, 0.6) is 11.5 Å². The van der Waals surface area contributed by atoms with Crippen LogP contribution < -0.4 is 17.1 Å². The summed E-state index contributed by atoms with van der Waals surface area (Å²) in [7, 11) is 9.41. The summed E-state index contributed by atoms with van der Waals surface area (Å²) < 4.78 is 8.25. The fourth-order valence-electron chi connectivity index (χ4n) is 5.25. The summed E-state index contributed by atoms with van der Waals surface area (Å²) in [6.07, 6.45) is 16.3. The molecule has 0 amide bonds. The summed E-state index contributed by atoms with van der Waals surface area (Å²) in [4.78, 5) is 0. The van der Waals surface area contributed by atoms with E-state index in [1.807, 2.05) is 0 Å². The van der Waals surface area contributed by atoms with Crippen molar-refractivity contribution in [3.63, 3.8) is 0 Å². The van der Waals surface area contributed by atoms with E-state index in [2.05, 4.69) is 90.6 Å². The van der Waals surface area contributed by atoms with E-state index in [0.29, 0.717) is 0 Å². The SMILES string of the molecule is CCCCCCCC[N+](C)(C)Cc1ccc(Oc2ccc(C[N+](C)(C)CCCCCCCC)cc2)cc1.[Cl-]. The van der Waals surface area contributed by atoms with Crippen molar-refractivity contribution < 1.29 is 26.1 Å². The zero-order valence-corrected chi connectivity index (χ0v) is 26.4. The third kappa shape index (κ3) is 15.1. The molecule has 0 unspecified atom stereocenters. The molecule has 0 N–H and O–H groups in total. The Morgan fingerprint density at radius 3 is 1.13 bits per heavy atom. The standard InChI is InChI=1S/C34H58N2O.ClH/c1-7-9-11-13-15-17-27-35(3,4)29-31-19-23-33(24-20-31)37-34-25-21-32(22-26-34)30-36(5,6)28-18-16-14-12-10-8-2;/h19-26H,7-18,27-30H2,1-6H3;1H/q+2;/p-1. The maximum Gasteiger partial charge on any atom is 0.127 e. The zero-order valence-electron chi connectivity index (χ0n) is 25.6. The van der Waals surface area contributed by atoms with E-state index in [1.165, 1.54) is 101 Å². The predicted molar refractivity (Wildman–Crippen MR) is 161 cm³/mol. The molecule has 0 atom stereocenters. The third-order valence-corrected chi connectivity index (χ3v) is 7.54. The van der Waals surface area contributed by atoms with Crippen LogP contribution in [0.25, 0.3) is 0 Å². The number of hydrogen-bond donors (Lipinski definition) is 0. The van der Waals surface area contributed by atoms with E-state index in [4.69, 9.17) is 4.74 Å². The van der Waals surface area contributed by atoms with E-state index in [9.17, 15) is 0 Å². The molecule has 0 aliphatic heterocycles. The van der Waals surface area contributed by atoms with Gasteiger partial charge in [-0.05, 0) is 74.2 Å². The minimum Gasteiger partial charge on any atom is -1.00 e. The van der Waals surface area contributed by atoms with Crippen molar-refractivity contribution >= 4 is 0 Å². The Bertz CT molecular complexity index is 774. The van der Waals surface area contributed by atoms with Crippen LogP contribution in [-0.2, 0) is 13.1 Å². The molecule has 0 aromatic heterocycles. The number of hydrogen-bond acceptors (Lipinski definition) is 1. The molecule has 0 heterocycles. The second-order valence-corrected chi connectivity index (χ2v) is 12.6. The van der Waals surface area contributed by atoms with Crippen LogP contribution in [0.1, 0.15) is 102 Å². The van der Waals surface area contributed by atoms with E-state index >= 15 is 0 Å². The first-order chi connectivity index (χ1) is 17.7. The maximum atomic E-state index is 6.16. The van der Waals surface area contributed by atoms with Gasteiger partial charge in [0.15, 0.2) is 0 Å². The Morgan fingerprint density at radius 1 is 0.474 bits per heavy atom. The van der Waals surface area contributed by atoms with Gasteiger partial charge in [-0.1, -0.05) is 65.2 Å². The van der Waals surface area contributed by atoms with E-state index in [0.717, 1.165) is 33.6 Å². The average molecular weight is 546 g/mol. The summed E-state index contributed by atoms with van der Waals surface area (Å²) in [5.74, 6) is 1.83. The molecule has 216 valence electrons. The Labute approximate surface area is 242 Å². The maximum absolute atomic E-state index is 6.16. The van der Waals surface area contributed by atoms with Crippen LogP contribution in [0, 0.1) is 0 Å². The highest BCUT2D eigenvalue weighted by Gasteiger charge is 2.17. The lowest BCUT2D eigenvalue weighted by Gasteiger charge is -2.30. The van der Waals surface area contributed by atoms with E-state index < -0.39 is 0 Å². The Morgan fingerprint density at radius 2 is 0.789 bits per heavy atom. The number of unbranched alkanes of at least 4 members (excludes halogenated alkanes) is 10. The summed E-state index contributed by atoms with van der Waals surface area (Å²) in [5.41, 5.74) is 2.76. The highest BCUT2D eigenvalue weighted by Crippen LogP contribution is 2.24. The third-order valence-electron chi connectivity index (χ3n) is 7.54.